The minimum Gasteiger partial charge on any atom is -0.422 e. The number of primary amides is 1. The van der Waals surface area contributed by atoms with Crippen LogP contribution in [-0.4, -0.2) is 10.9 Å². The molecule has 0 aliphatic carbocycles. The van der Waals surface area contributed by atoms with E-state index in [2.05, 4.69) is 10.3 Å². The maximum Gasteiger partial charge on any atom is 0.300 e. The standard InChI is InChI=1S/C12H8ClN3O2S/c13-7-2-1-3-8-10(7)18-12(15-8)16-9-4-6(5-19-9)11(14)17/h1-5H,(H2,14,17)(H,15,16). The van der Waals surface area contributed by atoms with Crippen molar-refractivity contribution in [2.75, 3.05) is 5.32 Å². The summed E-state index contributed by atoms with van der Waals surface area (Å²) in [6.07, 6.45) is 0. The summed E-state index contributed by atoms with van der Waals surface area (Å²) < 4.78 is 5.51. The lowest BCUT2D eigenvalue weighted by Gasteiger charge is -1.94. The van der Waals surface area contributed by atoms with Gasteiger partial charge in [-0.05, 0) is 18.2 Å². The van der Waals surface area contributed by atoms with Crippen LogP contribution in [0.25, 0.3) is 11.1 Å². The second kappa shape index (κ2) is 4.56. The maximum absolute atomic E-state index is 11.0. The predicted octanol–water partition coefficient (Wildman–Crippen LogP) is 3.39. The Hall–Kier alpha value is -2.05. The third-order valence-corrected chi connectivity index (χ3v) is 3.62. The third-order valence-electron chi connectivity index (χ3n) is 2.48. The number of oxazole rings is 1. The molecule has 3 rings (SSSR count). The number of fused-ring (bicyclic) bond motifs is 1. The van der Waals surface area contributed by atoms with Crippen LogP contribution in [-0.2, 0) is 0 Å². The van der Waals surface area contributed by atoms with Gasteiger partial charge in [-0.1, -0.05) is 17.7 Å². The number of para-hydroxylation sites is 1. The van der Waals surface area contributed by atoms with Crippen molar-refractivity contribution in [3.05, 3.63) is 40.2 Å². The topological polar surface area (TPSA) is 81.2 Å². The van der Waals surface area contributed by atoms with Crippen LogP contribution in [0.2, 0.25) is 5.02 Å². The zero-order valence-corrected chi connectivity index (χ0v) is 11.1. The van der Waals surface area contributed by atoms with E-state index in [1.54, 1.807) is 29.6 Å². The van der Waals surface area contributed by atoms with E-state index >= 15 is 0 Å². The van der Waals surface area contributed by atoms with Crippen LogP contribution in [0, 0.1) is 0 Å². The normalized spacial score (nSPS) is 10.8. The molecule has 0 bridgehead atoms. The molecule has 0 fully saturated rings. The number of amides is 1. The van der Waals surface area contributed by atoms with Crippen molar-refractivity contribution in [3.63, 3.8) is 0 Å². The first kappa shape index (κ1) is 12.0. The number of hydrogen-bond acceptors (Lipinski definition) is 5. The van der Waals surface area contributed by atoms with Gasteiger partial charge in [0.2, 0.25) is 5.91 Å². The molecule has 2 aromatic heterocycles. The van der Waals surface area contributed by atoms with Gasteiger partial charge in [0.25, 0.3) is 0 Å². The van der Waals surface area contributed by atoms with Crippen LogP contribution in [0.1, 0.15) is 10.4 Å². The Balaban J connectivity index is 1.92. The van der Waals surface area contributed by atoms with E-state index in [4.69, 9.17) is 21.8 Å². The summed E-state index contributed by atoms with van der Waals surface area (Å²) in [5.74, 6) is -0.468. The maximum atomic E-state index is 11.0. The summed E-state index contributed by atoms with van der Waals surface area (Å²) >= 11 is 7.34. The second-order valence-electron chi connectivity index (χ2n) is 3.80. The fourth-order valence-corrected chi connectivity index (χ4v) is 2.59. The Bertz CT molecular complexity index is 765. The number of hydrogen-bond donors (Lipinski definition) is 2. The van der Waals surface area contributed by atoms with E-state index < -0.39 is 5.91 Å². The zero-order valence-electron chi connectivity index (χ0n) is 9.51. The highest BCUT2D eigenvalue weighted by atomic mass is 35.5. The summed E-state index contributed by atoms with van der Waals surface area (Å²) in [4.78, 5) is 15.2. The molecule has 0 aliphatic heterocycles. The van der Waals surface area contributed by atoms with Crippen molar-refractivity contribution in [2.24, 2.45) is 5.73 Å². The molecule has 0 saturated heterocycles. The van der Waals surface area contributed by atoms with Crippen molar-refractivity contribution >= 4 is 51.0 Å². The number of carbonyl (C=O) groups is 1. The summed E-state index contributed by atoms with van der Waals surface area (Å²) in [6, 6.07) is 7.30. The Morgan fingerprint density at radius 3 is 3.00 bits per heavy atom. The molecule has 0 aliphatic rings. The van der Waals surface area contributed by atoms with Crippen molar-refractivity contribution in [1.82, 2.24) is 4.98 Å². The molecule has 0 unspecified atom stereocenters. The molecule has 19 heavy (non-hydrogen) atoms. The number of rotatable bonds is 3. The number of benzene rings is 1. The van der Waals surface area contributed by atoms with E-state index in [1.165, 1.54) is 11.3 Å². The summed E-state index contributed by atoms with van der Waals surface area (Å²) in [5, 5.41) is 5.86. The van der Waals surface area contributed by atoms with E-state index in [1.807, 2.05) is 0 Å². The van der Waals surface area contributed by atoms with Crippen molar-refractivity contribution < 1.29 is 9.21 Å². The predicted molar refractivity (Wildman–Crippen MR) is 75.1 cm³/mol. The molecule has 1 aromatic carbocycles. The van der Waals surface area contributed by atoms with Crippen LogP contribution < -0.4 is 11.1 Å². The molecule has 3 N–H and O–H groups in total. The number of carbonyl (C=O) groups excluding carboxylic acids is 1. The Labute approximate surface area is 117 Å². The van der Waals surface area contributed by atoms with Gasteiger partial charge >= 0.3 is 6.01 Å². The van der Waals surface area contributed by atoms with Gasteiger partial charge < -0.3 is 15.5 Å². The molecule has 0 radical (unpaired) electrons. The van der Waals surface area contributed by atoms with Crippen molar-refractivity contribution in [2.45, 2.75) is 0 Å². The molecule has 2 heterocycles. The molecule has 0 saturated carbocycles. The van der Waals surface area contributed by atoms with Crippen LogP contribution in [0.4, 0.5) is 11.0 Å². The smallest absolute Gasteiger partial charge is 0.300 e. The quantitative estimate of drug-likeness (QED) is 0.775. The van der Waals surface area contributed by atoms with E-state index in [9.17, 15) is 4.79 Å². The Kier molecular flexibility index (Phi) is 2.88. The molecule has 96 valence electrons. The van der Waals surface area contributed by atoms with E-state index in [0.29, 0.717) is 27.7 Å². The fourth-order valence-electron chi connectivity index (χ4n) is 1.61. The summed E-state index contributed by atoms with van der Waals surface area (Å²) in [7, 11) is 0. The first-order chi connectivity index (χ1) is 9.13. The van der Waals surface area contributed by atoms with Crippen molar-refractivity contribution in [3.8, 4) is 0 Å². The van der Waals surface area contributed by atoms with E-state index in [-0.39, 0.29) is 0 Å². The number of anilines is 2. The number of nitrogens with two attached hydrogens (primary N) is 1. The SMILES string of the molecule is NC(=O)c1csc(Nc2nc3cccc(Cl)c3o2)c1. The molecular weight excluding hydrogens is 286 g/mol. The molecular formula is C12H8ClN3O2S. The highest BCUT2D eigenvalue weighted by molar-refractivity contribution is 7.14. The van der Waals surface area contributed by atoms with Crippen LogP contribution in [0.5, 0.6) is 0 Å². The second-order valence-corrected chi connectivity index (χ2v) is 5.11. The van der Waals surface area contributed by atoms with Gasteiger partial charge in [0.1, 0.15) is 5.52 Å². The number of halogens is 1. The highest BCUT2D eigenvalue weighted by Crippen LogP contribution is 2.29. The Morgan fingerprint density at radius 2 is 2.32 bits per heavy atom. The largest absolute Gasteiger partial charge is 0.422 e. The van der Waals surface area contributed by atoms with Crippen molar-refractivity contribution in [1.29, 1.82) is 0 Å². The highest BCUT2D eigenvalue weighted by Gasteiger charge is 2.10. The van der Waals surface area contributed by atoms with Gasteiger partial charge in [-0.15, -0.1) is 11.3 Å². The van der Waals surface area contributed by atoms with Crippen LogP contribution >= 0.6 is 22.9 Å². The minimum atomic E-state index is -0.468. The number of aromatic nitrogens is 1. The number of thiophene rings is 1. The number of nitrogens with zero attached hydrogens (tertiary/aromatic N) is 1. The van der Waals surface area contributed by atoms with Gasteiger partial charge in [-0.25, -0.2) is 0 Å². The molecule has 1 amide bonds. The molecule has 0 spiro atoms. The van der Waals surface area contributed by atoms with Crippen LogP contribution in [0.3, 0.4) is 0 Å². The van der Waals surface area contributed by atoms with Gasteiger partial charge in [-0.3, -0.25) is 4.79 Å². The lowest BCUT2D eigenvalue weighted by molar-refractivity contribution is 0.100. The first-order valence-corrected chi connectivity index (χ1v) is 6.59. The number of nitrogens with one attached hydrogen (secondary N) is 1. The van der Waals surface area contributed by atoms with Gasteiger partial charge in [-0.2, -0.15) is 4.98 Å². The van der Waals surface area contributed by atoms with Gasteiger partial charge in [0, 0.05) is 5.38 Å². The van der Waals surface area contributed by atoms with E-state index in [0.717, 1.165) is 5.00 Å². The van der Waals surface area contributed by atoms with Crippen LogP contribution in [0.15, 0.2) is 34.1 Å². The average Bonchev–Trinajstić information content (AvgIpc) is 2.96. The average molecular weight is 294 g/mol. The van der Waals surface area contributed by atoms with Gasteiger partial charge in [0.05, 0.1) is 15.6 Å². The summed E-state index contributed by atoms with van der Waals surface area (Å²) in [5.41, 5.74) is 6.83. The zero-order chi connectivity index (χ0) is 13.4. The first-order valence-electron chi connectivity index (χ1n) is 5.34. The molecule has 7 heteroatoms. The Morgan fingerprint density at radius 1 is 1.47 bits per heavy atom. The third kappa shape index (κ3) is 2.27. The molecule has 0 atom stereocenters. The monoisotopic (exact) mass is 293 g/mol. The molecule has 3 aromatic rings. The minimum absolute atomic E-state index is 0.320. The van der Waals surface area contributed by atoms with Gasteiger partial charge in [0.15, 0.2) is 5.58 Å². The molecule has 5 nitrogen and oxygen atoms in total. The fraction of sp³-hybridized carbons (Fsp3) is 0. The summed E-state index contributed by atoms with van der Waals surface area (Å²) in [6.45, 7) is 0. The lowest BCUT2D eigenvalue weighted by atomic mass is 10.3. The lowest BCUT2D eigenvalue weighted by Crippen LogP contribution is -2.09.